The second kappa shape index (κ2) is 6.38. The van der Waals surface area contributed by atoms with Crippen molar-refractivity contribution in [2.75, 3.05) is 11.9 Å². The Morgan fingerprint density at radius 2 is 1.96 bits per heavy atom. The SMILES string of the molecule is CCOC(=O)c1ccc2nc(Nc3nc4c(F)cccc4s3)sc2c1. The first kappa shape index (κ1) is 15.9. The number of para-hydroxylation sites is 1. The molecule has 4 rings (SSSR count). The number of anilines is 2. The lowest BCUT2D eigenvalue weighted by Gasteiger charge is -2.00. The minimum atomic E-state index is -0.353. The van der Waals surface area contributed by atoms with Crippen LogP contribution in [0, 0.1) is 5.82 Å². The van der Waals surface area contributed by atoms with E-state index in [1.54, 1.807) is 31.2 Å². The van der Waals surface area contributed by atoms with E-state index < -0.39 is 0 Å². The van der Waals surface area contributed by atoms with Gasteiger partial charge in [0, 0.05) is 0 Å². The molecule has 0 bridgehead atoms. The average Bonchev–Trinajstić information content (AvgIpc) is 3.18. The Kier molecular flexibility index (Phi) is 4.06. The van der Waals surface area contributed by atoms with Crippen LogP contribution in [0.15, 0.2) is 36.4 Å². The largest absolute Gasteiger partial charge is 0.462 e. The van der Waals surface area contributed by atoms with E-state index >= 15 is 0 Å². The highest BCUT2D eigenvalue weighted by molar-refractivity contribution is 7.24. The van der Waals surface area contributed by atoms with Gasteiger partial charge in [0.2, 0.25) is 0 Å². The highest BCUT2D eigenvalue weighted by Crippen LogP contribution is 2.33. The molecule has 2 aromatic heterocycles. The van der Waals surface area contributed by atoms with E-state index in [1.807, 2.05) is 6.07 Å². The zero-order valence-electron chi connectivity index (χ0n) is 13.1. The number of aromatic nitrogens is 2. The zero-order chi connectivity index (χ0) is 17.4. The van der Waals surface area contributed by atoms with Crippen LogP contribution in [0.4, 0.5) is 14.7 Å². The number of hydrogen-bond donors (Lipinski definition) is 1. The first-order chi connectivity index (χ1) is 12.1. The van der Waals surface area contributed by atoms with Crippen LogP contribution in [0.1, 0.15) is 17.3 Å². The quantitative estimate of drug-likeness (QED) is 0.512. The van der Waals surface area contributed by atoms with Gasteiger partial charge in [-0.05, 0) is 37.3 Å². The number of carbonyl (C=O) groups excluding carboxylic acids is 1. The smallest absolute Gasteiger partial charge is 0.338 e. The number of rotatable bonds is 4. The van der Waals surface area contributed by atoms with Crippen molar-refractivity contribution in [3.05, 3.63) is 47.8 Å². The lowest BCUT2D eigenvalue weighted by Crippen LogP contribution is -2.03. The van der Waals surface area contributed by atoms with Gasteiger partial charge in [-0.15, -0.1) is 0 Å². The maximum atomic E-state index is 13.7. The lowest BCUT2D eigenvalue weighted by molar-refractivity contribution is 0.0526. The molecule has 4 aromatic rings. The number of halogens is 1. The van der Waals surface area contributed by atoms with E-state index in [0.29, 0.717) is 28.0 Å². The molecule has 5 nitrogen and oxygen atoms in total. The van der Waals surface area contributed by atoms with Gasteiger partial charge in [0.1, 0.15) is 11.3 Å². The monoisotopic (exact) mass is 373 g/mol. The van der Waals surface area contributed by atoms with E-state index in [-0.39, 0.29) is 11.8 Å². The number of nitrogens with zero attached hydrogens (tertiary/aromatic N) is 2. The highest BCUT2D eigenvalue weighted by atomic mass is 32.1. The van der Waals surface area contributed by atoms with E-state index in [9.17, 15) is 9.18 Å². The topological polar surface area (TPSA) is 64.1 Å². The second-order valence-electron chi connectivity index (χ2n) is 5.15. The first-order valence-electron chi connectivity index (χ1n) is 7.54. The van der Waals surface area contributed by atoms with E-state index in [1.165, 1.54) is 28.7 Å². The third-order valence-electron chi connectivity index (χ3n) is 3.48. The van der Waals surface area contributed by atoms with Gasteiger partial charge in [0.05, 0.1) is 27.1 Å². The molecule has 8 heteroatoms. The molecule has 0 fully saturated rings. The molecule has 2 heterocycles. The van der Waals surface area contributed by atoms with Crippen LogP contribution < -0.4 is 5.32 Å². The molecule has 2 aromatic carbocycles. The molecule has 0 saturated heterocycles. The van der Waals surface area contributed by atoms with E-state index in [0.717, 1.165) is 14.9 Å². The van der Waals surface area contributed by atoms with Gasteiger partial charge in [0.25, 0.3) is 0 Å². The van der Waals surface area contributed by atoms with Gasteiger partial charge in [-0.1, -0.05) is 28.7 Å². The summed E-state index contributed by atoms with van der Waals surface area (Å²) in [7, 11) is 0. The van der Waals surface area contributed by atoms with Crippen molar-refractivity contribution in [2.24, 2.45) is 0 Å². The van der Waals surface area contributed by atoms with Crippen molar-refractivity contribution >= 4 is 59.3 Å². The summed E-state index contributed by atoms with van der Waals surface area (Å²) in [5.41, 5.74) is 1.61. The average molecular weight is 373 g/mol. The number of thiazole rings is 2. The third kappa shape index (κ3) is 3.06. The van der Waals surface area contributed by atoms with E-state index in [4.69, 9.17) is 4.74 Å². The van der Waals surface area contributed by atoms with Gasteiger partial charge in [-0.25, -0.2) is 19.2 Å². The highest BCUT2D eigenvalue weighted by Gasteiger charge is 2.12. The van der Waals surface area contributed by atoms with Crippen molar-refractivity contribution in [2.45, 2.75) is 6.92 Å². The molecule has 0 spiro atoms. The van der Waals surface area contributed by atoms with Crippen LogP contribution >= 0.6 is 22.7 Å². The number of ether oxygens (including phenoxy) is 1. The maximum Gasteiger partial charge on any atom is 0.338 e. The molecule has 0 aliphatic rings. The summed E-state index contributed by atoms with van der Waals surface area (Å²) in [6, 6.07) is 10.1. The molecule has 0 aliphatic carbocycles. The third-order valence-corrected chi connectivity index (χ3v) is 5.35. The fraction of sp³-hybridized carbons (Fsp3) is 0.118. The molecule has 0 saturated carbocycles. The molecule has 0 amide bonds. The molecular formula is C17H12FN3O2S2. The summed E-state index contributed by atoms with van der Waals surface area (Å²) in [5.74, 6) is -0.695. The predicted molar refractivity (Wildman–Crippen MR) is 98.4 cm³/mol. The van der Waals surface area contributed by atoms with Crippen molar-refractivity contribution in [1.82, 2.24) is 9.97 Å². The Bertz CT molecular complexity index is 1090. The number of fused-ring (bicyclic) bond motifs is 2. The summed E-state index contributed by atoms with van der Waals surface area (Å²) >= 11 is 2.76. The fourth-order valence-electron chi connectivity index (χ4n) is 2.38. The summed E-state index contributed by atoms with van der Waals surface area (Å²) in [4.78, 5) is 20.6. The number of carbonyl (C=O) groups is 1. The minimum absolute atomic E-state index is 0.334. The molecule has 1 N–H and O–H groups in total. The molecular weight excluding hydrogens is 361 g/mol. The van der Waals surface area contributed by atoms with Crippen LogP contribution in [0.5, 0.6) is 0 Å². The lowest BCUT2D eigenvalue weighted by atomic mass is 10.2. The van der Waals surface area contributed by atoms with Crippen LogP contribution in [0.2, 0.25) is 0 Å². The van der Waals surface area contributed by atoms with Gasteiger partial charge in [-0.3, -0.25) is 0 Å². The number of nitrogens with one attached hydrogen (secondary N) is 1. The molecule has 0 radical (unpaired) electrons. The molecule has 0 aliphatic heterocycles. The Labute approximate surface area is 150 Å². The van der Waals surface area contributed by atoms with Crippen molar-refractivity contribution < 1.29 is 13.9 Å². The van der Waals surface area contributed by atoms with Crippen LogP contribution in [-0.2, 0) is 4.74 Å². The first-order valence-corrected chi connectivity index (χ1v) is 9.17. The van der Waals surface area contributed by atoms with Gasteiger partial charge in [-0.2, -0.15) is 0 Å². The molecule has 0 atom stereocenters. The second-order valence-corrected chi connectivity index (χ2v) is 7.21. The molecule has 126 valence electrons. The Morgan fingerprint density at radius 3 is 2.76 bits per heavy atom. The summed E-state index contributed by atoms with van der Waals surface area (Å²) in [6.07, 6.45) is 0. The van der Waals surface area contributed by atoms with Crippen molar-refractivity contribution in [3.63, 3.8) is 0 Å². The zero-order valence-corrected chi connectivity index (χ0v) is 14.7. The summed E-state index contributed by atoms with van der Waals surface area (Å²) < 4.78 is 20.4. The minimum Gasteiger partial charge on any atom is -0.462 e. The van der Waals surface area contributed by atoms with Crippen molar-refractivity contribution in [1.29, 1.82) is 0 Å². The van der Waals surface area contributed by atoms with Crippen LogP contribution in [-0.4, -0.2) is 22.5 Å². The predicted octanol–water partition coefficient (Wildman–Crippen LogP) is 4.97. The number of hydrogen-bond acceptors (Lipinski definition) is 7. The summed E-state index contributed by atoms with van der Waals surface area (Å²) in [5, 5.41) is 4.32. The van der Waals surface area contributed by atoms with Gasteiger partial charge in [0.15, 0.2) is 10.3 Å². The van der Waals surface area contributed by atoms with Crippen LogP contribution in [0.3, 0.4) is 0 Å². The molecule has 0 unspecified atom stereocenters. The van der Waals surface area contributed by atoms with Gasteiger partial charge < -0.3 is 10.1 Å². The number of benzene rings is 2. The fourth-order valence-corrected chi connectivity index (χ4v) is 4.23. The Morgan fingerprint density at radius 1 is 1.16 bits per heavy atom. The van der Waals surface area contributed by atoms with Crippen LogP contribution in [0.25, 0.3) is 20.4 Å². The Balaban J connectivity index is 1.64. The summed E-state index contributed by atoms with van der Waals surface area (Å²) in [6.45, 7) is 2.10. The van der Waals surface area contributed by atoms with Crippen molar-refractivity contribution in [3.8, 4) is 0 Å². The standard InChI is InChI=1S/C17H12FN3O2S2/c1-2-23-15(22)9-6-7-11-13(8-9)25-16(19-11)21-17-20-14-10(18)4-3-5-12(14)24-17/h3-8H,2H2,1H3,(H,19,20,21). The molecule has 25 heavy (non-hydrogen) atoms. The maximum absolute atomic E-state index is 13.7. The normalized spacial score (nSPS) is 11.1. The Hall–Kier alpha value is -2.58. The number of esters is 1. The van der Waals surface area contributed by atoms with E-state index in [2.05, 4.69) is 15.3 Å². The van der Waals surface area contributed by atoms with Gasteiger partial charge >= 0.3 is 5.97 Å².